The van der Waals surface area contributed by atoms with Gasteiger partial charge in [0.15, 0.2) is 5.65 Å². The van der Waals surface area contributed by atoms with E-state index in [9.17, 15) is 9.90 Å². The van der Waals surface area contributed by atoms with Crippen molar-refractivity contribution in [3.63, 3.8) is 0 Å². The first-order valence-electron chi connectivity index (χ1n) is 10.9. The van der Waals surface area contributed by atoms with Crippen LogP contribution in [0.5, 0.6) is 0 Å². The zero-order chi connectivity index (χ0) is 21.4. The number of aromatic nitrogens is 4. The summed E-state index contributed by atoms with van der Waals surface area (Å²) in [5.41, 5.74) is 2.81. The molecule has 1 amide bonds. The van der Waals surface area contributed by atoms with Gasteiger partial charge in [0.25, 0.3) is 5.91 Å². The molecule has 2 fully saturated rings. The van der Waals surface area contributed by atoms with E-state index in [1.807, 2.05) is 31.5 Å². The number of nitrogens with zero attached hydrogens (tertiary/aromatic N) is 5. The molecule has 0 aliphatic carbocycles. The Morgan fingerprint density at radius 3 is 2.61 bits per heavy atom. The molecular weight excluding hydrogens is 394 g/mol. The lowest BCUT2D eigenvalue weighted by Gasteiger charge is -2.37. The number of aryl methyl sites for hydroxylation is 1. The van der Waals surface area contributed by atoms with E-state index in [0.717, 1.165) is 42.8 Å². The summed E-state index contributed by atoms with van der Waals surface area (Å²) < 4.78 is 7.55. The predicted octanol–water partition coefficient (Wildman–Crippen LogP) is 2.61. The molecule has 2 aliphatic heterocycles. The molecule has 0 radical (unpaired) electrons. The zero-order valence-corrected chi connectivity index (χ0v) is 17.7. The molecule has 31 heavy (non-hydrogen) atoms. The van der Waals surface area contributed by atoms with Crippen molar-refractivity contribution in [3.8, 4) is 0 Å². The van der Waals surface area contributed by atoms with Gasteiger partial charge in [-0.2, -0.15) is 0 Å². The number of likely N-dealkylation sites (tertiary alicyclic amines) is 1. The Labute approximate surface area is 180 Å². The molecule has 162 valence electrons. The van der Waals surface area contributed by atoms with Crippen LogP contribution in [0.25, 0.3) is 11.2 Å². The minimum absolute atomic E-state index is 0.0751. The van der Waals surface area contributed by atoms with Gasteiger partial charge in [0.1, 0.15) is 11.1 Å². The second-order valence-electron chi connectivity index (χ2n) is 8.61. The normalized spacial score (nSPS) is 19.6. The highest BCUT2D eigenvalue weighted by atomic mass is 16.5. The number of amides is 1. The maximum Gasteiger partial charge on any atom is 0.255 e. The minimum atomic E-state index is -0.991. The second-order valence-corrected chi connectivity index (χ2v) is 8.61. The van der Waals surface area contributed by atoms with Crippen molar-refractivity contribution in [2.75, 3.05) is 26.3 Å². The molecule has 5 rings (SSSR count). The first-order chi connectivity index (χ1) is 15.0. The molecule has 0 bridgehead atoms. The monoisotopic (exact) mass is 421 g/mol. The highest BCUT2D eigenvalue weighted by Gasteiger charge is 2.37. The average molecular weight is 422 g/mol. The van der Waals surface area contributed by atoms with Gasteiger partial charge in [0.2, 0.25) is 0 Å². The SMILES string of the molecule is Cc1ccc(C2(O)CCN(C(=O)c3cnc4c(c3)ncn4C3CCOCC3)CC2)nc1. The van der Waals surface area contributed by atoms with Gasteiger partial charge in [-0.1, -0.05) is 6.07 Å². The molecule has 3 aromatic rings. The maximum absolute atomic E-state index is 13.1. The minimum Gasteiger partial charge on any atom is -0.383 e. The van der Waals surface area contributed by atoms with Crippen LogP contribution in [0, 0.1) is 6.92 Å². The van der Waals surface area contributed by atoms with Crippen LogP contribution in [0.15, 0.2) is 36.9 Å². The molecule has 2 saturated heterocycles. The number of carbonyl (C=O) groups is 1. The van der Waals surface area contributed by atoms with Crippen molar-refractivity contribution in [1.29, 1.82) is 0 Å². The Bertz CT molecular complexity index is 1080. The number of carbonyl (C=O) groups excluding carboxylic acids is 1. The highest BCUT2D eigenvalue weighted by Crippen LogP contribution is 2.32. The van der Waals surface area contributed by atoms with Crippen LogP contribution in [-0.4, -0.2) is 61.7 Å². The fraction of sp³-hybridized carbons (Fsp3) is 0.478. The highest BCUT2D eigenvalue weighted by molar-refractivity contribution is 5.96. The van der Waals surface area contributed by atoms with E-state index in [1.54, 1.807) is 17.3 Å². The Balaban J connectivity index is 1.30. The lowest BCUT2D eigenvalue weighted by Crippen LogP contribution is -2.45. The standard InChI is InChI=1S/C23H27N5O3/c1-16-2-3-20(24-13-16)23(30)6-8-27(9-7-23)22(29)17-12-19-21(25-14-17)28(15-26-19)18-4-10-31-11-5-18/h2-3,12-15,18,30H,4-11H2,1H3. The smallest absolute Gasteiger partial charge is 0.255 e. The van der Waals surface area contributed by atoms with Crippen LogP contribution in [-0.2, 0) is 10.3 Å². The number of piperidine rings is 1. The van der Waals surface area contributed by atoms with E-state index in [2.05, 4.69) is 19.5 Å². The van der Waals surface area contributed by atoms with E-state index in [-0.39, 0.29) is 5.91 Å². The van der Waals surface area contributed by atoms with Gasteiger partial charge in [-0.3, -0.25) is 9.78 Å². The van der Waals surface area contributed by atoms with Gasteiger partial charge in [-0.05, 0) is 50.3 Å². The van der Waals surface area contributed by atoms with E-state index in [0.29, 0.717) is 43.2 Å². The zero-order valence-electron chi connectivity index (χ0n) is 17.7. The molecule has 0 aromatic carbocycles. The Morgan fingerprint density at radius 2 is 1.90 bits per heavy atom. The summed E-state index contributed by atoms with van der Waals surface area (Å²) in [5.74, 6) is -0.0751. The van der Waals surface area contributed by atoms with Crippen LogP contribution < -0.4 is 0 Å². The van der Waals surface area contributed by atoms with Crippen LogP contribution in [0.2, 0.25) is 0 Å². The second kappa shape index (κ2) is 8.01. The number of imidazole rings is 1. The van der Waals surface area contributed by atoms with E-state index in [4.69, 9.17) is 4.74 Å². The lowest BCUT2D eigenvalue weighted by molar-refractivity contribution is -0.0244. The van der Waals surface area contributed by atoms with E-state index < -0.39 is 5.60 Å². The number of hydrogen-bond acceptors (Lipinski definition) is 6. The molecule has 8 nitrogen and oxygen atoms in total. The number of ether oxygens (including phenoxy) is 1. The summed E-state index contributed by atoms with van der Waals surface area (Å²) in [6, 6.07) is 5.99. The Morgan fingerprint density at radius 1 is 1.13 bits per heavy atom. The summed E-state index contributed by atoms with van der Waals surface area (Å²) in [6.07, 6.45) is 8.04. The van der Waals surface area contributed by atoms with E-state index >= 15 is 0 Å². The van der Waals surface area contributed by atoms with E-state index in [1.165, 1.54) is 0 Å². The molecule has 5 heterocycles. The van der Waals surface area contributed by atoms with Crippen LogP contribution in [0.1, 0.15) is 53.3 Å². The topological polar surface area (TPSA) is 93.4 Å². The third kappa shape index (κ3) is 3.81. The van der Waals surface area contributed by atoms with Crippen LogP contribution >= 0.6 is 0 Å². The van der Waals surface area contributed by atoms with Gasteiger partial charge >= 0.3 is 0 Å². The number of pyridine rings is 2. The van der Waals surface area contributed by atoms with Crippen molar-refractivity contribution >= 4 is 17.1 Å². The molecule has 0 unspecified atom stereocenters. The van der Waals surface area contributed by atoms with Gasteiger partial charge in [-0.25, -0.2) is 9.97 Å². The number of hydrogen-bond donors (Lipinski definition) is 1. The fourth-order valence-corrected chi connectivity index (χ4v) is 4.53. The van der Waals surface area contributed by atoms with Gasteiger partial charge < -0.3 is 19.3 Å². The number of aliphatic hydroxyl groups is 1. The average Bonchev–Trinajstić information content (AvgIpc) is 3.23. The van der Waals surface area contributed by atoms with Crippen LogP contribution in [0.3, 0.4) is 0 Å². The first kappa shape index (κ1) is 20.1. The Kier molecular flexibility index (Phi) is 5.19. The molecule has 0 saturated carbocycles. The van der Waals surface area contributed by atoms with Crippen molar-refractivity contribution < 1.29 is 14.6 Å². The number of rotatable bonds is 3. The summed E-state index contributed by atoms with van der Waals surface area (Å²) in [6.45, 7) is 4.42. The van der Waals surface area contributed by atoms with Crippen molar-refractivity contribution in [2.24, 2.45) is 0 Å². The molecular formula is C23H27N5O3. The Hall–Kier alpha value is -2.84. The molecule has 1 N–H and O–H groups in total. The third-order valence-electron chi connectivity index (χ3n) is 6.51. The largest absolute Gasteiger partial charge is 0.383 e. The summed E-state index contributed by atoms with van der Waals surface area (Å²) in [5, 5.41) is 11.0. The van der Waals surface area contributed by atoms with Gasteiger partial charge in [-0.15, -0.1) is 0 Å². The summed E-state index contributed by atoms with van der Waals surface area (Å²) >= 11 is 0. The summed E-state index contributed by atoms with van der Waals surface area (Å²) in [7, 11) is 0. The first-order valence-corrected chi connectivity index (χ1v) is 10.9. The lowest BCUT2D eigenvalue weighted by atomic mass is 9.87. The van der Waals surface area contributed by atoms with Crippen LogP contribution in [0.4, 0.5) is 0 Å². The third-order valence-corrected chi connectivity index (χ3v) is 6.51. The quantitative estimate of drug-likeness (QED) is 0.699. The molecule has 2 aliphatic rings. The molecule has 8 heteroatoms. The van der Waals surface area contributed by atoms with Crippen molar-refractivity contribution in [3.05, 3.63) is 53.7 Å². The summed E-state index contributed by atoms with van der Waals surface area (Å²) in [4.78, 5) is 28.3. The number of fused-ring (bicyclic) bond motifs is 1. The fourth-order valence-electron chi connectivity index (χ4n) is 4.53. The molecule has 0 spiro atoms. The van der Waals surface area contributed by atoms with Gasteiger partial charge in [0.05, 0.1) is 17.6 Å². The van der Waals surface area contributed by atoms with Crippen molar-refractivity contribution in [1.82, 2.24) is 24.4 Å². The predicted molar refractivity (Wildman–Crippen MR) is 115 cm³/mol. The van der Waals surface area contributed by atoms with Crippen molar-refractivity contribution in [2.45, 2.75) is 44.2 Å². The molecule has 3 aromatic heterocycles. The molecule has 0 atom stereocenters. The van der Waals surface area contributed by atoms with Gasteiger partial charge in [0, 0.05) is 44.7 Å². The maximum atomic E-state index is 13.1.